The predicted octanol–water partition coefficient (Wildman–Crippen LogP) is 3.05. The van der Waals surface area contributed by atoms with E-state index in [0.29, 0.717) is 6.54 Å². The molecule has 1 aromatic rings. The predicted molar refractivity (Wildman–Crippen MR) is 100 cm³/mol. The molecule has 0 spiro atoms. The van der Waals surface area contributed by atoms with Gasteiger partial charge in [0.05, 0.1) is 11.2 Å². The van der Waals surface area contributed by atoms with E-state index in [4.69, 9.17) is 14.0 Å². The van der Waals surface area contributed by atoms with Gasteiger partial charge in [-0.2, -0.15) is 0 Å². The van der Waals surface area contributed by atoms with Crippen molar-refractivity contribution in [3.8, 4) is 0 Å². The minimum Gasteiger partial charge on any atom is -0.444 e. The normalized spacial score (nSPS) is 18.9. The van der Waals surface area contributed by atoms with E-state index >= 15 is 0 Å². The molecule has 2 rings (SSSR count). The summed E-state index contributed by atoms with van der Waals surface area (Å²) in [6.07, 6.45) is 0.351. The summed E-state index contributed by atoms with van der Waals surface area (Å²) in [5.74, 6) is 0. The van der Waals surface area contributed by atoms with E-state index in [2.05, 4.69) is 5.32 Å². The van der Waals surface area contributed by atoms with Gasteiger partial charge in [0.1, 0.15) is 5.60 Å². The maximum Gasteiger partial charge on any atom is 0.494 e. The minimum absolute atomic E-state index is 0.340. The number of hydrogen-bond donors (Lipinski definition) is 1. The molecule has 1 heterocycles. The Labute approximate surface area is 151 Å². The van der Waals surface area contributed by atoms with Crippen molar-refractivity contribution >= 4 is 18.7 Å². The van der Waals surface area contributed by atoms with E-state index in [-0.39, 0.29) is 24.4 Å². The van der Waals surface area contributed by atoms with Crippen molar-refractivity contribution < 1.29 is 18.8 Å². The molecule has 138 valence electrons. The molecule has 5 nitrogen and oxygen atoms in total. The summed E-state index contributed by atoms with van der Waals surface area (Å²) >= 11 is 0. The molecule has 0 aliphatic carbocycles. The molecule has 25 heavy (non-hydrogen) atoms. The minimum atomic E-state index is -0.478. The molecule has 6 heteroatoms. The van der Waals surface area contributed by atoms with E-state index in [0.717, 1.165) is 17.4 Å². The van der Waals surface area contributed by atoms with Crippen molar-refractivity contribution in [1.29, 1.82) is 0 Å². The van der Waals surface area contributed by atoms with Gasteiger partial charge < -0.3 is 19.4 Å². The van der Waals surface area contributed by atoms with Crippen LogP contribution in [0, 0.1) is 0 Å². The first-order valence-electron chi connectivity index (χ1n) is 8.81. The topological polar surface area (TPSA) is 56.8 Å². The standard InChI is InChI=1S/C19H30BNO4/c1-17(2,3)23-16(22)21-13-12-14-8-10-15(11-9-14)20-24-18(4,5)19(6,7)25-20/h8-11H,12-13H2,1-7H3,(H,21,22). The lowest BCUT2D eigenvalue weighted by molar-refractivity contribution is 0.00578. The second-order valence-corrected chi connectivity index (χ2v) is 8.51. The lowest BCUT2D eigenvalue weighted by Crippen LogP contribution is -2.41. The average molecular weight is 347 g/mol. The van der Waals surface area contributed by atoms with Gasteiger partial charge in [0.25, 0.3) is 0 Å². The van der Waals surface area contributed by atoms with Gasteiger partial charge in [-0.25, -0.2) is 4.79 Å². The molecule has 0 radical (unpaired) electrons. The third-order valence-electron chi connectivity index (χ3n) is 4.59. The Morgan fingerprint density at radius 3 is 2.08 bits per heavy atom. The maximum absolute atomic E-state index is 11.6. The number of benzene rings is 1. The fraction of sp³-hybridized carbons (Fsp3) is 0.632. The zero-order valence-electron chi connectivity index (χ0n) is 16.4. The lowest BCUT2D eigenvalue weighted by Gasteiger charge is -2.32. The average Bonchev–Trinajstić information content (AvgIpc) is 2.66. The quantitative estimate of drug-likeness (QED) is 0.851. The second kappa shape index (κ2) is 7.00. The second-order valence-electron chi connectivity index (χ2n) is 8.51. The van der Waals surface area contributed by atoms with Crippen molar-refractivity contribution in [3.05, 3.63) is 29.8 Å². The first kappa shape index (κ1) is 19.8. The van der Waals surface area contributed by atoms with E-state index in [1.54, 1.807) is 0 Å². The van der Waals surface area contributed by atoms with Gasteiger partial charge >= 0.3 is 13.2 Å². The Kier molecular flexibility index (Phi) is 5.54. The van der Waals surface area contributed by atoms with Gasteiger partial charge in [-0.3, -0.25) is 0 Å². The lowest BCUT2D eigenvalue weighted by atomic mass is 9.79. The molecule has 1 aromatic carbocycles. The van der Waals surface area contributed by atoms with Crippen molar-refractivity contribution in [3.63, 3.8) is 0 Å². The number of rotatable bonds is 4. The smallest absolute Gasteiger partial charge is 0.444 e. The van der Waals surface area contributed by atoms with Gasteiger partial charge in [0.15, 0.2) is 0 Å². The van der Waals surface area contributed by atoms with Gasteiger partial charge in [-0.15, -0.1) is 0 Å². The molecule has 1 amide bonds. The van der Waals surface area contributed by atoms with Crippen molar-refractivity contribution in [2.75, 3.05) is 6.54 Å². The van der Waals surface area contributed by atoms with Gasteiger partial charge in [-0.1, -0.05) is 24.3 Å². The SMILES string of the molecule is CC(C)(C)OC(=O)NCCc1ccc(B2OC(C)(C)C(C)(C)O2)cc1. The molecule has 1 aliphatic rings. The number of carbonyl (C=O) groups is 1. The zero-order chi connectivity index (χ0) is 18.9. The van der Waals surface area contributed by atoms with E-state index in [1.165, 1.54) is 0 Å². The summed E-state index contributed by atoms with van der Waals surface area (Å²) in [5.41, 5.74) is 0.981. The molecule has 0 saturated carbocycles. The highest BCUT2D eigenvalue weighted by atomic mass is 16.7. The Balaban J connectivity index is 1.86. The van der Waals surface area contributed by atoms with E-state index < -0.39 is 5.60 Å². The third kappa shape index (κ3) is 5.22. The first-order valence-corrected chi connectivity index (χ1v) is 8.81. The Bertz CT molecular complexity index is 589. The number of carbonyl (C=O) groups excluding carboxylic acids is 1. The van der Waals surface area contributed by atoms with Crippen molar-refractivity contribution in [2.24, 2.45) is 0 Å². The van der Waals surface area contributed by atoms with Crippen LogP contribution in [0.5, 0.6) is 0 Å². The highest BCUT2D eigenvalue weighted by Crippen LogP contribution is 2.36. The zero-order valence-corrected chi connectivity index (χ0v) is 16.4. The molecule has 1 aliphatic heterocycles. The fourth-order valence-corrected chi connectivity index (χ4v) is 2.44. The molecule has 0 atom stereocenters. The van der Waals surface area contributed by atoms with Crippen molar-refractivity contribution in [2.45, 2.75) is 71.7 Å². The Morgan fingerprint density at radius 1 is 1.08 bits per heavy atom. The van der Waals surface area contributed by atoms with Gasteiger partial charge in [0.2, 0.25) is 0 Å². The highest BCUT2D eigenvalue weighted by Gasteiger charge is 2.51. The molecule has 1 N–H and O–H groups in total. The fourth-order valence-electron chi connectivity index (χ4n) is 2.44. The van der Waals surface area contributed by atoms with Crippen LogP contribution < -0.4 is 10.8 Å². The molecule has 0 bridgehead atoms. The first-order chi connectivity index (χ1) is 11.4. The highest BCUT2D eigenvalue weighted by molar-refractivity contribution is 6.62. The summed E-state index contributed by atoms with van der Waals surface area (Å²) in [7, 11) is -0.348. The van der Waals surface area contributed by atoms with Crippen LogP contribution in [0.3, 0.4) is 0 Å². The molecule has 0 unspecified atom stereocenters. The third-order valence-corrected chi connectivity index (χ3v) is 4.59. The van der Waals surface area contributed by atoms with Crippen LogP contribution in [-0.4, -0.2) is 36.6 Å². The number of amides is 1. The number of hydrogen-bond acceptors (Lipinski definition) is 4. The van der Waals surface area contributed by atoms with Gasteiger partial charge in [-0.05, 0) is 65.9 Å². The number of nitrogens with one attached hydrogen (secondary N) is 1. The van der Waals surface area contributed by atoms with Crippen LogP contribution in [0.15, 0.2) is 24.3 Å². The Morgan fingerprint density at radius 2 is 1.60 bits per heavy atom. The summed E-state index contributed by atoms with van der Waals surface area (Å²) in [6.45, 7) is 14.3. The Hall–Kier alpha value is -1.53. The van der Waals surface area contributed by atoms with Gasteiger partial charge in [0, 0.05) is 6.54 Å². The molecular formula is C19H30BNO4. The van der Waals surface area contributed by atoms with Crippen LogP contribution in [-0.2, 0) is 20.5 Å². The molecule has 1 fully saturated rings. The number of alkyl carbamates (subject to hydrolysis) is 1. The van der Waals surface area contributed by atoms with Crippen LogP contribution in [0.1, 0.15) is 54.0 Å². The molecule has 1 saturated heterocycles. The van der Waals surface area contributed by atoms with Crippen LogP contribution >= 0.6 is 0 Å². The monoisotopic (exact) mass is 347 g/mol. The summed E-state index contributed by atoms with van der Waals surface area (Å²) in [5, 5.41) is 2.77. The largest absolute Gasteiger partial charge is 0.494 e. The van der Waals surface area contributed by atoms with E-state index in [1.807, 2.05) is 72.7 Å². The molecular weight excluding hydrogens is 317 g/mol. The summed E-state index contributed by atoms with van der Waals surface area (Å²) in [6, 6.07) is 8.12. The summed E-state index contributed by atoms with van der Waals surface area (Å²) < 4.78 is 17.3. The van der Waals surface area contributed by atoms with Crippen LogP contribution in [0.2, 0.25) is 0 Å². The van der Waals surface area contributed by atoms with Crippen LogP contribution in [0.4, 0.5) is 4.79 Å². The number of ether oxygens (including phenoxy) is 1. The van der Waals surface area contributed by atoms with E-state index in [9.17, 15) is 4.79 Å². The molecule has 0 aromatic heterocycles. The maximum atomic E-state index is 11.6. The van der Waals surface area contributed by atoms with Crippen LogP contribution in [0.25, 0.3) is 0 Å². The van der Waals surface area contributed by atoms with Crippen molar-refractivity contribution in [1.82, 2.24) is 5.32 Å². The summed E-state index contributed by atoms with van der Waals surface area (Å²) in [4.78, 5) is 11.6.